The molecule has 6 saturated carbocycles. The van der Waals surface area contributed by atoms with Crippen LogP contribution in [0.1, 0.15) is 231 Å². The van der Waals surface area contributed by atoms with E-state index in [4.69, 9.17) is 9.47 Å². The van der Waals surface area contributed by atoms with Crippen molar-refractivity contribution >= 4 is 11.9 Å². The number of carbonyl (C=O) groups excluding carboxylic acids is 2. The van der Waals surface area contributed by atoms with Crippen LogP contribution in [0.15, 0.2) is 60.0 Å². The lowest BCUT2D eigenvalue weighted by Crippen LogP contribution is -2.51. The molecule has 0 aromatic carbocycles. The SMILES string of the molecule is CC(C)CCC[C@@H](C)[C@H]1CC[C@H]2[C@@H]3CC=C4C[C@@H](OC(=O)c5ccnc(-c6cc(C(=O)O[C@H]7CC[C@@]8(C)C(=CC[C@H]9[C@@H]%10CC[C@H]([C@H](C)CCCC(C)C)[C@@]%10(C)CC[C@@H]98)C7)ccn6)c5)CC[C@]4(C)[C@H]3CC[C@]12C. The molecule has 16 atom stereocenters. The van der Waals surface area contributed by atoms with Crippen molar-refractivity contribution in [2.24, 2.45) is 92.7 Å². The van der Waals surface area contributed by atoms with Crippen LogP contribution in [-0.2, 0) is 9.47 Å². The molecule has 6 heteroatoms. The fraction of sp³-hybridized carbons (Fsp3) is 0.758. The number of rotatable bonds is 15. The lowest BCUT2D eigenvalue weighted by molar-refractivity contribution is -0.0594. The number of allylic oxidation sites excluding steroid dienone is 2. The molecule has 8 aliphatic rings. The van der Waals surface area contributed by atoms with Crippen LogP contribution in [0.5, 0.6) is 0 Å². The number of hydrogen-bond acceptors (Lipinski definition) is 6. The van der Waals surface area contributed by atoms with Crippen LogP contribution in [0.2, 0.25) is 0 Å². The summed E-state index contributed by atoms with van der Waals surface area (Å²) in [7, 11) is 0. The Morgan fingerprint density at radius 2 is 0.958 bits per heavy atom. The lowest BCUT2D eigenvalue weighted by atomic mass is 9.47. The maximum atomic E-state index is 13.9. The second-order valence-corrected chi connectivity index (χ2v) is 28.0. The predicted molar refractivity (Wildman–Crippen MR) is 292 cm³/mol. The highest BCUT2D eigenvalue weighted by atomic mass is 16.5. The summed E-state index contributed by atoms with van der Waals surface area (Å²) in [5.74, 6) is 9.08. The molecule has 2 heterocycles. The van der Waals surface area contributed by atoms with E-state index in [-0.39, 0.29) is 35.0 Å². The van der Waals surface area contributed by atoms with Crippen molar-refractivity contribution in [2.75, 3.05) is 0 Å². The monoisotopic (exact) mass is 981 g/mol. The van der Waals surface area contributed by atoms with E-state index >= 15 is 0 Å². The van der Waals surface area contributed by atoms with E-state index in [9.17, 15) is 9.59 Å². The Morgan fingerprint density at radius 1 is 0.542 bits per heavy atom. The molecular formula is C66H96N2O4. The van der Waals surface area contributed by atoms with Gasteiger partial charge in [-0.2, -0.15) is 0 Å². The fourth-order valence-electron chi connectivity index (χ4n) is 19.3. The van der Waals surface area contributed by atoms with E-state index in [1.165, 1.54) is 114 Å². The summed E-state index contributed by atoms with van der Waals surface area (Å²) < 4.78 is 12.7. The first-order valence-corrected chi connectivity index (χ1v) is 30.1. The molecule has 0 spiro atoms. The number of pyridine rings is 2. The van der Waals surface area contributed by atoms with E-state index in [1.54, 1.807) is 36.7 Å². The largest absolute Gasteiger partial charge is 0.458 e. The molecule has 0 bridgehead atoms. The molecular weight excluding hydrogens is 885 g/mol. The molecule has 8 aliphatic carbocycles. The normalized spacial score (nSPS) is 38.8. The number of ether oxygens (including phenoxy) is 2. The van der Waals surface area contributed by atoms with E-state index in [0.717, 1.165) is 110 Å². The molecule has 0 radical (unpaired) electrons. The van der Waals surface area contributed by atoms with Gasteiger partial charge in [0.15, 0.2) is 0 Å². The fourth-order valence-corrected chi connectivity index (χ4v) is 19.3. The maximum absolute atomic E-state index is 13.9. The Hall–Kier alpha value is -3.28. The van der Waals surface area contributed by atoms with Crippen molar-refractivity contribution in [3.05, 3.63) is 71.1 Å². The summed E-state index contributed by atoms with van der Waals surface area (Å²) in [5, 5.41) is 0. The van der Waals surface area contributed by atoms with Gasteiger partial charge in [-0.3, -0.25) is 9.97 Å². The van der Waals surface area contributed by atoms with Gasteiger partial charge in [0, 0.05) is 25.2 Å². The summed E-state index contributed by atoms with van der Waals surface area (Å²) in [6, 6.07) is 7.03. The van der Waals surface area contributed by atoms with Crippen molar-refractivity contribution in [1.82, 2.24) is 9.97 Å². The highest BCUT2D eigenvalue weighted by Crippen LogP contribution is 2.69. The van der Waals surface area contributed by atoms with E-state index in [1.807, 2.05) is 0 Å². The third-order valence-corrected chi connectivity index (χ3v) is 23.3. The van der Waals surface area contributed by atoms with Gasteiger partial charge in [0.2, 0.25) is 0 Å². The molecule has 72 heavy (non-hydrogen) atoms. The molecule has 2 aromatic heterocycles. The van der Waals surface area contributed by atoms with E-state index in [0.29, 0.717) is 33.3 Å². The van der Waals surface area contributed by atoms with Crippen molar-refractivity contribution in [2.45, 2.75) is 223 Å². The zero-order chi connectivity index (χ0) is 50.7. The second-order valence-electron chi connectivity index (χ2n) is 28.0. The van der Waals surface area contributed by atoms with Crippen molar-refractivity contribution < 1.29 is 19.1 Å². The van der Waals surface area contributed by atoms with E-state index in [2.05, 4.69) is 91.4 Å². The lowest BCUT2D eigenvalue weighted by Gasteiger charge is -2.58. The first-order valence-electron chi connectivity index (χ1n) is 30.1. The highest BCUT2D eigenvalue weighted by Gasteiger charge is 2.61. The van der Waals surface area contributed by atoms with Crippen LogP contribution in [0.4, 0.5) is 0 Å². The second kappa shape index (κ2) is 20.7. The predicted octanol–water partition coefficient (Wildman–Crippen LogP) is 17.3. The van der Waals surface area contributed by atoms with E-state index < -0.39 is 0 Å². The molecule has 394 valence electrons. The van der Waals surface area contributed by atoms with Crippen LogP contribution in [0.3, 0.4) is 0 Å². The zero-order valence-corrected chi connectivity index (χ0v) is 46.8. The maximum Gasteiger partial charge on any atom is 0.338 e. The summed E-state index contributed by atoms with van der Waals surface area (Å²) in [6.07, 6.45) is 35.6. The molecule has 2 aromatic rings. The van der Waals surface area contributed by atoms with Gasteiger partial charge < -0.3 is 9.47 Å². The summed E-state index contributed by atoms with van der Waals surface area (Å²) in [5.41, 5.74) is 6.48. The third-order valence-electron chi connectivity index (χ3n) is 23.3. The number of aromatic nitrogens is 2. The molecule has 0 aliphatic heterocycles. The van der Waals surface area contributed by atoms with Crippen LogP contribution in [0.25, 0.3) is 11.4 Å². The van der Waals surface area contributed by atoms with Gasteiger partial charge in [-0.15, -0.1) is 0 Å². The molecule has 0 saturated heterocycles. The topological polar surface area (TPSA) is 78.4 Å². The van der Waals surface area contributed by atoms with Gasteiger partial charge in [-0.05, 0) is 207 Å². The Balaban J connectivity index is 0.733. The standard InChI is InChI=1S/C66H96N2O4/c1-41(2)13-11-15-43(5)53-21-23-55-51-19-17-47-39-49(25-31-63(47,7)57(51)27-33-65(53,55)9)71-61(69)45-29-35-67-59(37-45)60-38-46(30-36-68-60)62(70)72-50-26-32-64(8)48(40-50)18-20-52-56-24-22-54(44(6)16-12-14-42(3)4)66(56,10)34-28-58(52)64/h17-18,29-30,35-38,41-44,49-58H,11-16,19-28,31-34,39-40H2,1-10H3/t43-,44-,49+,50+,51+,52+,53-,54-,55+,56+,57+,58+,63+,64+,65-,66-/m1/s1. The quantitative estimate of drug-likeness (QED) is 0.131. The highest BCUT2D eigenvalue weighted by molar-refractivity contribution is 5.92. The van der Waals surface area contributed by atoms with Crippen LogP contribution < -0.4 is 0 Å². The molecule has 0 N–H and O–H groups in total. The average molecular weight is 982 g/mol. The van der Waals surface area contributed by atoms with Crippen molar-refractivity contribution in [3.63, 3.8) is 0 Å². The minimum atomic E-state index is -0.311. The molecule has 6 nitrogen and oxygen atoms in total. The van der Waals surface area contributed by atoms with Crippen molar-refractivity contribution in [3.8, 4) is 11.4 Å². The zero-order valence-electron chi connectivity index (χ0n) is 46.8. The smallest absolute Gasteiger partial charge is 0.338 e. The van der Waals surface area contributed by atoms with Crippen molar-refractivity contribution in [1.29, 1.82) is 0 Å². The Morgan fingerprint density at radius 3 is 1.36 bits per heavy atom. The first kappa shape index (κ1) is 52.2. The minimum Gasteiger partial charge on any atom is -0.458 e. The summed E-state index contributed by atoms with van der Waals surface area (Å²) in [4.78, 5) is 37.0. The Kier molecular flexibility index (Phi) is 15.0. The van der Waals surface area contributed by atoms with Crippen LogP contribution in [-0.4, -0.2) is 34.1 Å². The molecule has 0 amide bonds. The van der Waals surface area contributed by atoms with Crippen LogP contribution in [0, 0.1) is 92.7 Å². The molecule has 0 unspecified atom stereocenters. The number of esters is 2. The van der Waals surface area contributed by atoms with Gasteiger partial charge in [0.1, 0.15) is 12.2 Å². The Bertz CT molecular complexity index is 2190. The number of hydrogen-bond donors (Lipinski definition) is 0. The molecule has 6 fully saturated rings. The summed E-state index contributed by atoms with van der Waals surface area (Å²) >= 11 is 0. The first-order chi connectivity index (χ1) is 34.4. The number of nitrogens with zero attached hydrogens (tertiary/aromatic N) is 2. The Labute approximate surface area is 436 Å². The molecule has 10 rings (SSSR count). The number of fused-ring (bicyclic) bond motifs is 10. The van der Waals surface area contributed by atoms with Crippen LogP contribution >= 0.6 is 0 Å². The average Bonchev–Trinajstić information content (AvgIpc) is 3.91. The number of carbonyl (C=O) groups is 2. The van der Waals surface area contributed by atoms with Gasteiger partial charge >= 0.3 is 11.9 Å². The van der Waals surface area contributed by atoms with Gasteiger partial charge in [-0.1, -0.05) is 131 Å². The van der Waals surface area contributed by atoms with Gasteiger partial charge in [-0.25, -0.2) is 9.59 Å². The van der Waals surface area contributed by atoms with Gasteiger partial charge in [0.25, 0.3) is 0 Å². The summed E-state index contributed by atoms with van der Waals surface area (Å²) in [6.45, 7) is 25.1. The minimum absolute atomic E-state index is 0.127. The van der Waals surface area contributed by atoms with Gasteiger partial charge in [0.05, 0.1) is 22.5 Å². The third kappa shape index (κ3) is 9.66.